The van der Waals surface area contributed by atoms with Gasteiger partial charge in [0.15, 0.2) is 5.65 Å². The van der Waals surface area contributed by atoms with E-state index in [1.54, 1.807) is 6.20 Å². The smallest absolute Gasteiger partial charge is 0.259 e. The van der Waals surface area contributed by atoms with Crippen LogP contribution in [-0.4, -0.2) is 53.3 Å². The minimum atomic E-state index is 0.0251. The Morgan fingerprint density at radius 3 is 2.73 bits per heavy atom. The molecule has 2 aliphatic rings. The van der Waals surface area contributed by atoms with Crippen LogP contribution < -0.4 is 0 Å². The highest BCUT2D eigenvalue weighted by Crippen LogP contribution is 2.31. The number of piperidine rings is 1. The first-order valence-corrected chi connectivity index (χ1v) is 13.5. The average molecular weight is 498 g/mol. The molecular formula is C29H35N7O. The van der Waals surface area contributed by atoms with Crippen LogP contribution in [-0.2, 0) is 19.4 Å². The van der Waals surface area contributed by atoms with Gasteiger partial charge >= 0.3 is 0 Å². The molecule has 1 aliphatic carbocycles. The van der Waals surface area contributed by atoms with Gasteiger partial charge in [-0.1, -0.05) is 24.3 Å². The van der Waals surface area contributed by atoms with E-state index in [1.807, 2.05) is 22.7 Å². The van der Waals surface area contributed by atoms with Crippen LogP contribution in [0.5, 0.6) is 0 Å². The molecule has 1 aromatic carbocycles. The third-order valence-electron chi connectivity index (χ3n) is 8.19. The minimum Gasteiger partial charge on any atom is -0.338 e. The quantitative estimate of drug-likeness (QED) is 0.379. The molecule has 1 unspecified atom stereocenters. The lowest BCUT2D eigenvalue weighted by Gasteiger charge is -2.32. The van der Waals surface area contributed by atoms with Crippen molar-refractivity contribution in [2.24, 2.45) is 11.8 Å². The van der Waals surface area contributed by atoms with Gasteiger partial charge in [0.25, 0.3) is 5.91 Å². The molecule has 2 fully saturated rings. The topological polar surface area (TPSA) is 81.2 Å². The summed E-state index contributed by atoms with van der Waals surface area (Å²) in [7, 11) is 0. The molecular weight excluding hydrogens is 462 g/mol. The zero-order chi connectivity index (χ0) is 25.5. The zero-order valence-electron chi connectivity index (χ0n) is 22.0. The second-order valence-corrected chi connectivity index (χ2v) is 11.0. The molecule has 8 heteroatoms. The first-order valence-electron chi connectivity index (χ1n) is 13.5. The number of hydrogen-bond acceptors (Lipinski definition) is 5. The summed E-state index contributed by atoms with van der Waals surface area (Å²) >= 11 is 0. The van der Waals surface area contributed by atoms with Gasteiger partial charge in [-0.3, -0.25) is 4.79 Å². The summed E-state index contributed by atoms with van der Waals surface area (Å²) < 4.78 is 4.06. The Balaban J connectivity index is 1.21. The summed E-state index contributed by atoms with van der Waals surface area (Å²) in [6, 6.07) is 8.44. The summed E-state index contributed by atoms with van der Waals surface area (Å²) in [5, 5.41) is 13.2. The highest BCUT2D eigenvalue weighted by atomic mass is 16.2. The van der Waals surface area contributed by atoms with Crippen molar-refractivity contribution in [3.05, 3.63) is 76.3 Å². The predicted molar refractivity (Wildman–Crippen MR) is 142 cm³/mol. The Hall–Kier alpha value is -3.55. The van der Waals surface area contributed by atoms with E-state index in [0.29, 0.717) is 17.1 Å². The molecule has 37 heavy (non-hydrogen) atoms. The van der Waals surface area contributed by atoms with Gasteiger partial charge in [-0.15, -0.1) is 10.2 Å². The highest BCUT2D eigenvalue weighted by Gasteiger charge is 2.29. The number of rotatable bonds is 7. The predicted octanol–water partition coefficient (Wildman–Crippen LogP) is 4.34. The van der Waals surface area contributed by atoms with Crippen LogP contribution in [0.25, 0.3) is 5.65 Å². The number of aromatic nitrogens is 6. The molecule has 1 atom stereocenters. The molecule has 6 rings (SSSR count). The fourth-order valence-corrected chi connectivity index (χ4v) is 5.73. The van der Waals surface area contributed by atoms with Crippen molar-refractivity contribution in [2.75, 3.05) is 13.1 Å². The van der Waals surface area contributed by atoms with E-state index in [2.05, 4.69) is 58.0 Å². The van der Waals surface area contributed by atoms with E-state index < -0.39 is 0 Å². The van der Waals surface area contributed by atoms with Crippen molar-refractivity contribution in [1.82, 2.24) is 34.3 Å². The molecule has 8 nitrogen and oxygen atoms in total. The summed E-state index contributed by atoms with van der Waals surface area (Å²) in [6.07, 6.45) is 9.95. The summed E-state index contributed by atoms with van der Waals surface area (Å²) in [4.78, 5) is 20.6. The molecule has 0 radical (unpaired) electrons. The molecule has 4 heterocycles. The van der Waals surface area contributed by atoms with E-state index in [1.165, 1.54) is 24.0 Å². The number of hydrogen-bond donors (Lipinski definition) is 0. The van der Waals surface area contributed by atoms with Crippen molar-refractivity contribution in [3.8, 4) is 0 Å². The van der Waals surface area contributed by atoms with Crippen molar-refractivity contribution in [3.63, 3.8) is 0 Å². The molecule has 0 bridgehead atoms. The summed E-state index contributed by atoms with van der Waals surface area (Å²) in [5.74, 6) is 2.25. The van der Waals surface area contributed by atoms with Crippen LogP contribution in [0.2, 0.25) is 0 Å². The van der Waals surface area contributed by atoms with Crippen molar-refractivity contribution >= 4 is 11.6 Å². The Bertz CT molecular complexity index is 1450. The van der Waals surface area contributed by atoms with Crippen LogP contribution in [0.15, 0.2) is 36.8 Å². The monoisotopic (exact) mass is 497 g/mol. The van der Waals surface area contributed by atoms with Gasteiger partial charge in [-0.25, -0.2) is 9.50 Å². The van der Waals surface area contributed by atoms with Gasteiger partial charge in [0.1, 0.15) is 17.7 Å². The number of likely N-dealkylation sites (tertiary alicyclic amines) is 1. The highest BCUT2D eigenvalue weighted by molar-refractivity contribution is 5.99. The van der Waals surface area contributed by atoms with Gasteiger partial charge < -0.3 is 9.47 Å². The number of aryl methyl sites for hydroxylation is 3. The number of nitrogens with zero attached hydrogens (tertiary/aromatic N) is 7. The average Bonchev–Trinajstić information content (AvgIpc) is 3.45. The largest absolute Gasteiger partial charge is 0.338 e. The van der Waals surface area contributed by atoms with Crippen LogP contribution >= 0.6 is 0 Å². The summed E-state index contributed by atoms with van der Waals surface area (Å²) in [5.41, 5.74) is 6.95. The van der Waals surface area contributed by atoms with E-state index in [4.69, 9.17) is 4.98 Å². The molecule has 1 saturated carbocycles. The van der Waals surface area contributed by atoms with Gasteiger partial charge in [0.05, 0.1) is 6.20 Å². The molecule has 0 N–H and O–H groups in total. The standard InChI is InChI=1S/C29H35N7O/c1-19-7-4-5-9-24(19)14-25-20(2)32-28-26(15-31-36(28)21(25)3)29(37)34-12-6-8-23(17-34)13-27-33-30-18-35(27)16-22-10-11-22/h4-5,7,9,15,18,22-23H,6,8,10-14,16-17H2,1-3H3. The third-order valence-corrected chi connectivity index (χ3v) is 8.19. The molecule has 1 saturated heterocycles. The van der Waals surface area contributed by atoms with Gasteiger partial charge in [0.2, 0.25) is 0 Å². The van der Waals surface area contributed by atoms with Gasteiger partial charge in [0, 0.05) is 43.9 Å². The Kier molecular flexibility index (Phi) is 6.26. The van der Waals surface area contributed by atoms with Crippen molar-refractivity contribution in [1.29, 1.82) is 0 Å². The minimum absolute atomic E-state index is 0.0251. The number of carbonyl (C=O) groups is 1. The normalized spacial score (nSPS) is 18.0. The second-order valence-electron chi connectivity index (χ2n) is 11.0. The molecule has 1 aliphatic heterocycles. The molecule has 4 aromatic rings. The van der Waals surface area contributed by atoms with E-state index in [9.17, 15) is 4.79 Å². The second kappa shape index (κ2) is 9.72. The van der Waals surface area contributed by atoms with Crippen molar-refractivity contribution in [2.45, 2.75) is 65.8 Å². The lowest BCUT2D eigenvalue weighted by Crippen LogP contribution is -2.40. The summed E-state index contributed by atoms with van der Waals surface area (Å²) in [6.45, 7) is 8.78. The Morgan fingerprint density at radius 1 is 1.08 bits per heavy atom. The first-order chi connectivity index (χ1) is 18.0. The number of amides is 1. The lowest BCUT2D eigenvalue weighted by atomic mass is 9.94. The van der Waals surface area contributed by atoms with E-state index in [0.717, 1.165) is 74.0 Å². The van der Waals surface area contributed by atoms with Gasteiger partial charge in [-0.05, 0) is 75.0 Å². The molecule has 0 spiro atoms. The zero-order valence-corrected chi connectivity index (χ0v) is 22.0. The van der Waals surface area contributed by atoms with E-state index >= 15 is 0 Å². The molecule has 192 valence electrons. The maximum Gasteiger partial charge on any atom is 0.259 e. The van der Waals surface area contributed by atoms with Crippen LogP contribution in [0.3, 0.4) is 0 Å². The fraction of sp³-hybridized carbons (Fsp3) is 0.483. The van der Waals surface area contributed by atoms with Crippen LogP contribution in [0, 0.1) is 32.6 Å². The fourth-order valence-electron chi connectivity index (χ4n) is 5.73. The first kappa shape index (κ1) is 23.8. The Morgan fingerprint density at radius 2 is 1.92 bits per heavy atom. The van der Waals surface area contributed by atoms with Crippen molar-refractivity contribution < 1.29 is 4.79 Å². The maximum absolute atomic E-state index is 13.7. The Labute approximate surface area is 217 Å². The number of carbonyl (C=O) groups excluding carboxylic acids is 1. The maximum atomic E-state index is 13.7. The van der Waals surface area contributed by atoms with Crippen LogP contribution in [0.1, 0.15) is 69.9 Å². The van der Waals surface area contributed by atoms with E-state index in [-0.39, 0.29) is 5.91 Å². The number of benzene rings is 1. The SMILES string of the molecule is Cc1ccccc1Cc1c(C)nc2c(C(=O)N3CCCC(Cc4nncn4CC4CC4)C3)cnn2c1C. The molecule has 1 amide bonds. The molecule has 3 aromatic heterocycles. The number of fused-ring (bicyclic) bond motifs is 1. The van der Waals surface area contributed by atoms with Gasteiger partial charge in [-0.2, -0.15) is 5.10 Å². The third kappa shape index (κ3) is 4.77. The van der Waals surface area contributed by atoms with Crippen LogP contribution in [0.4, 0.5) is 0 Å². The lowest BCUT2D eigenvalue weighted by molar-refractivity contribution is 0.0673.